The van der Waals surface area contributed by atoms with Gasteiger partial charge in [0.1, 0.15) is 5.25 Å². The van der Waals surface area contributed by atoms with Crippen LogP contribution in [0.4, 0.5) is 20.2 Å². The number of para-hydroxylation sites is 1. The molecular weight excluding hydrogens is 428 g/mol. The number of hydrogen-bond acceptors (Lipinski definition) is 5. The molecule has 0 spiro atoms. The molecule has 1 N–H and O–H groups in total. The number of alkyl halides is 2. The molecule has 9 heteroatoms. The molecule has 0 aliphatic carbocycles. The Balaban J connectivity index is 1.71. The van der Waals surface area contributed by atoms with Crippen molar-refractivity contribution in [3.05, 3.63) is 67.3 Å². The normalized spacial score (nSPS) is 17.6. The number of anilines is 1. The Labute approximate surface area is 181 Å². The smallest absolute Gasteiger partial charge is 0.288 e. The van der Waals surface area contributed by atoms with Gasteiger partial charge in [-0.05, 0) is 36.4 Å². The molecule has 0 saturated carbocycles. The van der Waals surface area contributed by atoms with Crippen LogP contribution in [0.2, 0.25) is 0 Å². The molecule has 30 heavy (non-hydrogen) atoms. The van der Waals surface area contributed by atoms with Gasteiger partial charge in [0.2, 0.25) is 11.8 Å². The van der Waals surface area contributed by atoms with E-state index in [4.69, 9.17) is 0 Å². The standard InChI is InChI=1S/C21H19F2N3O2S2/c1-2-12-26-19(28)17(13-18(27)24-14-6-4-3-5-7-14)30-21(26)25-15-8-10-16(11-9-15)29-20(22)23/h2-11,17,20H,1,12-13H2,(H,24,27)/t17-/m0/s1. The maximum absolute atomic E-state index is 12.8. The van der Waals surface area contributed by atoms with Crippen molar-refractivity contribution in [1.82, 2.24) is 4.90 Å². The zero-order chi connectivity index (χ0) is 21.5. The van der Waals surface area contributed by atoms with E-state index >= 15 is 0 Å². The highest BCUT2D eigenvalue weighted by molar-refractivity contribution is 8.15. The lowest BCUT2D eigenvalue weighted by Crippen LogP contribution is -2.33. The van der Waals surface area contributed by atoms with Crippen LogP contribution in [0.1, 0.15) is 6.42 Å². The van der Waals surface area contributed by atoms with Crippen molar-refractivity contribution in [3.63, 3.8) is 0 Å². The SMILES string of the molecule is C=CCN1C(=O)[C@H](CC(=O)Nc2ccccc2)SC1=Nc1ccc(SC(F)F)cc1. The summed E-state index contributed by atoms with van der Waals surface area (Å²) in [6.45, 7) is 3.93. The minimum atomic E-state index is -2.49. The molecule has 156 valence electrons. The number of rotatable bonds is 8. The minimum absolute atomic E-state index is 0.00895. The highest BCUT2D eigenvalue weighted by Gasteiger charge is 2.38. The van der Waals surface area contributed by atoms with E-state index < -0.39 is 11.0 Å². The lowest BCUT2D eigenvalue weighted by Gasteiger charge is -2.14. The van der Waals surface area contributed by atoms with Crippen molar-refractivity contribution < 1.29 is 18.4 Å². The lowest BCUT2D eigenvalue weighted by atomic mass is 10.2. The molecule has 0 unspecified atom stereocenters. The molecule has 0 bridgehead atoms. The molecule has 5 nitrogen and oxygen atoms in total. The van der Waals surface area contributed by atoms with E-state index in [0.717, 1.165) is 0 Å². The second-order valence-corrected chi connectivity index (χ2v) is 8.46. The molecule has 1 aliphatic rings. The van der Waals surface area contributed by atoms with E-state index in [0.29, 0.717) is 33.2 Å². The summed E-state index contributed by atoms with van der Waals surface area (Å²) in [6.07, 6.45) is 1.60. The molecule has 1 heterocycles. The van der Waals surface area contributed by atoms with Crippen molar-refractivity contribution in [3.8, 4) is 0 Å². The molecule has 1 atom stereocenters. The van der Waals surface area contributed by atoms with E-state index in [1.165, 1.54) is 16.7 Å². The average molecular weight is 448 g/mol. The van der Waals surface area contributed by atoms with Crippen LogP contribution < -0.4 is 5.32 Å². The van der Waals surface area contributed by atoms with Gasteiger partial charge in [0.25, 0.3) is 5.76 Å². The summed E-state index contributed by atoms with van der Waals surface area (Å²) in [5.41, 5.74) is 1.20. The molecule has 1 saturated heterocycles. The number of aliphatic imine (C=N–C) groups is 1. The fourth-order valence-electron chi connectivity index (χ4n) is 2.74. The summed E-state index contributed by atoms with van der Waals surface area (Å²) in [6, 6.07) is 15.4. The first-order valence-electron chi connectivity index (χ1n) is 9.03. The highest BCUT2D eigenvalue weighted by Crippen LogP contribution is 2.33. The predicted molar refractivity (Wildman–Crippen MR) is 118 cm³/mol. The monoisotopic (exact) mass is 447 g/mol. The van der Waals surface area contributed by atoms with Crippen LogP contribution in [0.15, 0.2) is 77.1 Å². The summed E-state index contributed by atoms with van der Waals surface area (Å²) in [5.74, 6) is -2.97. The number of thioether (sulfide) groups is 2. The number of halogens is 2. The zero-order valence-corrected chi connectivity index (χ0v) is 17.5. The maximum atomic E-state index is 12.8. The van der Waals surface area contributed by atoms with Crippen molar-refractivity contribution in [2.24, 2.45) is 4.99 Å². The molecule has 0 aromatic heterocycles. The largest absolute Gasteiger partial charge is 0.326 e. The Bertz CT molecular complexity index is 937. The fraction of sp³-hybridized carbons (Fsp3) is 0.190. The number of nitrogens with zero attached hydrogens (tertiary/aromatic N) is 2. The highest BCUT2D eigenvalue weighted by atomic mass is 32.2. The number of benzene rings is 2. The third kappa shape index (κ3) is 5.93. The van der Waals surface area contributed by atoms with Gasteiger partial charge in [0, 0.05) is 23.5 Å². The van der Waals surface area contributed by atoms with E-state index in [2.05, 4.69) is 16.9 Å². The predicted octanol–water partition coefficient (Wildman–Crippen LogP) is 5.15. The van der Waals surface area contributed by atoms with Gasteiger partial charge in [-0.1, -0.05) is 47.8 Å². The topological polar surface area (TPSA) is 61.8 Å². The first-order chi connectivity index (χ1) is 14.5. The lowest BCUT2D eigenvalue weighted by molar-refractivity contribution is -0.127. The first kappa shape index (κ1) is 22.0. The molecular formula is C21H19F2N3O2S2. The van der Waals surface area contributed by atoms with Gasteiger partial charge in [-0.3, -0.25) is 14.5 Å². The summed E-state index contributed by atoms with van der Waals surface area (Å²) < 4.78 is 24.9. The number of hydrogen-bond donors (Lipinski definition) is 1. The summed E-state index contributed by atoms with van der Waals surface area (Å²) in [7, 11) is 0. The van der Waals surface area contributed by atoms with Crippen molar-refractivity contribution >= 4 is 51.9 Å². The minimum Gasteiger partial charge on any atom is -0.326 e. The van der Waals surface area contributed by atoms with Gasteiger partial charge in [-0.15, -0.1) is 6.58 Å². The number of nitrogens with one attached hydrogen (secondary N) is 1. The van der Waals surface area contributed by atoms with Gasteiger partial charge in [-0.25, -0.2) is 4.99 Å². The molecule has 2 aromatic carbocycles. The van der Waals surface area contributed by atoms with Crippen LogP contribution in [0.5, 0.6) is 0 Å². The van der Waals surface area contributed by atoms with Crippen molar-refractivity contribution in [1.29, 1.82) is 0 Å². The van der Waals surface area contributed by atoms with Crippen molar-refractivity contribution in [2.45, 2.75) is 22.3 Å². The van der Waals surface area contributed by atoms with Crippen LogP contribution in [0.3, 0.4) is 0 Å². The number of carbonyl (C=O) groups excluding carboxylic acids is 2. The maximum Gasteiger partial charge on any atom is 0.288 e. The Hall–Kier alpha value is -2.65. The molecule has 2 amide bonds. The molecule has 0 radical (unpaired) electrons. The van der Waals surface area contributed by atoms with Gasteiger partial charge in [0.15, 0.2) is 5.17 Å². The Kier molecular flexibility index (Phi) is 7.64. The van der Waals surface area contributed by atoms with Gasteiger partial charge < -0.3 is 5.32 Å². The summed E-state index contributed by atoms with van der Waals surface area (Å²) >= 11 is 1.67. The number of amides is 2. The second-order valence-electron chi connectivity index (χ2n) is 6.23. The van der Waals surface area contributed by atoms with E-state index in [1.807, 2.05) is 18.2 Å². The van der Waals surface area contributed by atoms with E-state index in [-0.39, 0.29) is 24.8 Å². The zero-order valence-electron chi connectivity index (χ0n) is 15.8. The molecule has 1 aliphatic heterocycles. The van der Waals surface area contributed by atoms with Gasteiger partial charge in [-0.2, -0.15) is 8.78 Å². The molecule has 3 rings (SSSR count). The van der Waals surface area contributed by atoms with Crippen molar-refractivity contribution in [2.75, 3.05) is 11.9 Å². The van der Waals surface area contributed by atoms with E-state index in [9.17, 15) is 18.4 Å². The third-order valence-corrected chi connectivity index (χ3v) is 5.94. The van der Waals surface area contributed by atoms with Crippen LogP contribution in [-0.4, -0.2) is 39.4 Å². The van der Waals surface area contributed by atoms with Crippen LogP contribution in [0.25, 0.3) is 0 Å². The summed E-state index contributed by atoms with van der Waals surface area (Å²) in [4.78, 5) is 31.5. The number of carbonyl (C=O) groups is 2. The van der Waals surface area contributed by atoms with Crippen LogP contribution in [0, 0.1) is 0 Å². The Morgan fingerprint density at radius 3 is 2.57 bits per heavy atom. The van der Waals surface area contributed by atoms with Gasteiger partial charge >= 0.3 is 0 Å². The number of amidine groups is 1. The average Bonchev–Trinajstić information content (AvgIpc) is 2.99. The Morgan fingerprint density at radius 1 is 1.23 bits per heavy atom. The van der Waals surface area contributed by atoms with Crippen LogP contribution in [-0.2, 0) is 9.59 Å². The quantitative estimate of drug-likeness (QED) is 0.449. The van der Waals surface area contributed by atoms with Gasteiger partial charge in [0.05, 0.1) is 5.69 Å². The second kappa shape index (κ2) is 10.4. The Morgan fingerprint density at radius 2 is 1.93 bits per heavy atom. The third-order valence-electron chi connectivity index (χ3n) is 4.05. The molecule has 2 aromatic rings. The van der Waals surface area contributed by atoms with Crippen LogP contribution >= 0.6 is 23.5 Å². The molecule has 1 fully saturated rings. The summed E-state index contributed by atoms with van der Waals surface area (Å²) in [5, 5.41) is 2.63. The van der Waals surface area contributed by atoms with E-state index in [1.54, 1.807) is 42.5 Å². The first-order valence-corrected chi connectivity index (χ1v) is 10.8. The fourth-order valence-corrected chi connectivity index (χ4v) is 4.40.